The molecule has 0 radical (unpaired) electrons. The fourth-order valence-electron chi connectivity index (χ4n) is 4.23. The molecular weight excluding hydrogens is 293 g/mol. The van der Waals surface area contributed by atoms with E-state index in [9.17, 15) is 14.6 Å². The van der Waals surface area contributed by atoms with Crippen LogP contribution in [0.3, 0.4) is 0 Å². The number of likely N-dealkylation sites (tertiary alicyclic amines) is 1. The van der Waals surface area contributed by atoms with Crippen LogP contribution in [0.5, 0.6) is 0 Å². The summed E-state index contributed by atoms with van der Waals surface area (Å²) in [6.45, 7) is 1.40. The number of carbonyl (C=O) groups is 2. The maximum Gasteiger partial charge on any atom is 0.293 e. The van der Waals surface area contributed by atoms with Gasteiger partial charge in [0, 0.05) is 31.0 Å². The number of hydrogen-bond donors (Lipinski definition) is 3. The maximum absolute atomic E-state index is 12.6. The van der Waals surface area contributed by atoms with Crippen LogP contribution in [0.4, 0.5) is 0 Å². The first-order valence-corrected chi connectivity index (χ1v) is 9.14. The van der Waals surface area contributed by atoms with E-state index < -0.39 is 0 Å². The highest BCUT2D eigenvalue weighted by molar-refractivity contribution is 6.28. The van der Waals surface area contributed by atoms with E-state index in [1.54, 1.807) is 0 Å². The van der Waals surface area contributed by atoms with E-state index in [1.165, 1.54) is 6.42 Å². The third-order valence-electron chi connectivity index (χ3n) is 5.62. The minimum atomic E-state index is -0.223. The molecule has 0 bridgehead atoms. The molecule has 2 heterocycles. The number of amides is 2. The zero-order chi connectivity index (χ0) is 16.2. The van der Waals surface area contributed by atoms with E-state index >= 15 is 0 Å². The minimum absolute atomic E-state index is 0.0276. The molecule has 128 valence electrons. The summed E-state index contributed by atoms with van der Waals surface area (Å²) in [5.41, 5.74) is 0. The van der Waals surface area contributed by atoms with Crippen molar-refractivity contribution in [2.45, 2.75) is 69.4 Å². The Morgan fingerprint density at radius 3 is 2.65 bits per heavy atom. The van der Waals surface area contributed by atoms with Gasteiger partial charge in [0.05, 0.1) is 6.04 Å². The van der Waals surface area contributed by atoms with E-state index in [4.69, 9.17) is 0 Å². The van der Waals surface area contributed by atoms with Gasteiger partial charge >= 0.3 is 0 Å². The van der Waals surface area contributed by atoms with Crippen molar-refractivity contribution < 1.29 is 14.6 Å². The molecule has 2 saturated heterocycles. The van der Waals surface area contributed by atoms with E-state index in [0.717, 1.165) is 45.1 Å². The summed E-state index contributed by atoms with van der Waals surface area (Å²) in [6, 6.07) is -0.174. The standard InChI is InChI=1S/C16H28BN3O3/c21-15(11-5-2-1-3-6-11)19-12-9-13(18-10-12)16(22)20-8-4-7-14(20)17-23/h11-14,17-18,23H,1-10H2,(H,19,21)/t12-,13-,14-/m0/s1. The Hall–Kier alpha value is -1.08. The lowest BCUT2D eigenvalue weighted by atomic mass is 9.86. The van der Waals surface area contributed by atoms with Gasteiger partial charge < -0.3 is 20.6 Å². The molecule has 0 aromatic carbocycles. The quantitative estimate of drug-likeness (QED) is 0.621. The molecule has 3 atom stereocenters. The van der Waals surface area contributed by atoms with Gasteiger partial charge in [-0.15, -0.1) is 0 Å². The van der Waals surface area contributed by atoms with E-state index in [0.29, 0.717) is 13.0 Å². The molecule has 3 fully saturated rings. The molecule has 2 amide bonds. The zero-order valence-electron chi connectivity index (χ0n) is 13.8. The fraction of sp³-hybridized carbons (Fsp3) is 0.875. The molecule has 3 aliphatic rings. The highest BCUT2D eigenvalue weighted by Crippen LogP contribution is 2.24. The van der Waals surface area contributed by atoms with Crippen molar-refractivity contribution in [1.82, 2.24) is 15.5 Å². The van der Waals surface area contributed by atoms with Crippen molar-refractivity contribution in [3.8, 4) is 0 Å². The van der Waals surface area contributed by atoms with Crippen LogP contribution in [0, 0.1) is 5.92 Å². The van der Waals surface area contributed by atoms with Crippen molar-refractivity contribution in [3.05, 3.63) is 0 Å². The van der Waals surface area contributed by atoms with Crippen LogP contribution < -0.4 is 10.6 Å². The Labute approximate surface area is 138 Å². The average molecular weight is 321 g/mol. The summed E-state index contributed by atoms with van der Waals surface area (Å²) in [4.78, 5) is 26.7. The number of hydrogen-bond acceptors (Lipinski definition) is 4. The van der Waals surface area contributed by atoms with Gasteiger partial charge in [0.25, 0.3) is 7.48 Å². The van der Waals surface area contributed by atoms with Gasteiger partial charge in [-0.05, 0) is 32.1 Å². The number of nitrogens with one attached hydrogen (secondary N) is 2. The SMILES string of the molecule is O=C(N[C@@H]1CN[C@H](C(=O)N2CCC[C@H]2BO)C1)C1CCCCC1. The molecule has 0 spiro atoms. The lowest BCUT2D eigenvalue weighted by Gasteiger charge is -2.26. The van der Waals surface area contributed by atoms with Gasteiger partial charge in [-0.1, -0.05) is 19.3 Å². The molecule has 1 aliphatic carbocycles. The van der Waals surface area contributed by atoms with Crippen molar-refractivity contribution in [2.24, 2.45) is 5.92 Å². The monoisotopic (exact) mass is 321 g/mol. The molecule has 23 heavy (non-hydrogen) atoms. The van der Waals surface area contributed by atoms with Crippen molar-refractivity contribution in [3.63, 3.8) is 0 Å². The first kappa shape index (κ1) is 16.8. The second-order valence-electron chi connectivity index (χ2n) is 7.25. The molecule has 6 nitrogen and oxygen atoms in total. The lowest BCUT2D eigenvalue weighted by molar-refractivity contribution is -0.133. The minimum Gasteiger partial charge on any atom is -0.452 e. The molecule has 7 heteroatoms. The largest absolute Gasteiger partial charge is 0.452 e. The van der Waals surface area contributed by atoms with Crippen LogP contribution in [0.2, 0.25) is 0 Å². The first-order chi connectivity index (χ1) is 11.2. The Morgan fingerprint density at radius 1 is 1.13 bits per heavy atom. The molecule has 2 aliphatic heterocycles. The summed E-state index contributed by atoms with van der Waals surface area (Å²) in [6.07, 6.45) is 8.06. The normalized spacial score (nSPS) is 32.0. The van der Waals surface area contributed by atoms with Gasteiger partial charge in [0.1, 0.15) is 0 Å². The number of carbonyl (C=O) groups excluding carboxylic acids is 2. The van der Waals surface area contributed by atoms with Crippen LogP contribution in [-0.2, 0) is 9.59 Å². The average Bonchev–Trinajstić information content (AvgIpc) is 3.24. The third kappa shape index (κ3) is 3.88. The fourth-order valence-corrected chi connectivity index (χ4v) is 4.23. The van der Waals surface area contributed by atoms with Gasteiger partial charge in [-0.2, -0.15) is 0 Å². The molecular formula is C16H28BN3O3. The summed E-state index contributed by atoms with van der Waals surface area (Å²) in [7, 11) is 0.0420. The second kappa shape index (κ2) is 7.66. The molecule has 3 N–H and O–H groups in total. The van der Waals surface area contributed by atoms with Crippen LogP contribution in [-0.4, -0.2) is 60.3 Å². The molecule has 0 aromatic heterocycles. The van der Waals surface area contributed by atoms with Gasteiger partial charge in [0.2, 0.25) is 11.8 Å². The Morgan fingerprint density at radius 2 is 1.91 bits per heavy atom. The van der Waals surface area contributed by atoms with Gasteiger partial charge in [-0.25, -0.2) is 0 Å². The highest BCUT2D eigenvalue weighted by atomic mass is 16.2. The van der Waals surface area contributed by atoms with Crippen LogP contribution >= 0.6 is 0 Å². The van der Waals surface area contributed by atoms with Crippen molar-refractivity contribution in [2.75, 3.05) is 13.1 Å². The smallest absolute Gasteiger partial charge is 0.293 e. The Kier molecular flexibility index (Phi) is 5.59. The lowest BCUT2D eigenvalue weighted by Crippen LogP contribution is -2.47. The Balaban J connectivity index is 1.48. The zero-order valence-corrected chi connectivity index (χ0v) is 13.8. The van der Waals surface area contributed by atoms with Gasteiger partial charge in [-0.3, -0.25) is 9.59 Å². The second-order valence-corrected chi connectivity index (χ2v) is 7.25. The third-order valence-corrected chi connectivity index (χ3v) is 5.62. The number of rotatable bonds is 4. The van der Waals surface area contributed by atoms with E-state index in [-0.39, 0.29) is 43.2 Å². The van der Waals surface area contributed by atoms with Crippen molar-refractivity contribution in [1.29, 1.82) is 0 Å². The molecule has 3 rings (SSSR count). The summed E-state index contributed by atoms with van der Waals surface area (Å²) >= 11 is 0. The van der Waals surface area contributed by atoms with E-state index in [2.05, 4.69) is 10.6 Å². The van der Waals surface area contributed by atoms with Gasteiger partial charge in [0.15, 0.2) is 0 Å². The molecule has 0 aromatic rings. The summed E-state index contributed by atoms with van der Waals surface area (Å²) in [5, 5.41) is 15.7. The van der Waals surface area contributed by atoms with Crippen molar-refractivity contribution >= 4 is 19.3 Å². The topological polar surface area (TPSA) is 81.7 Å². The van der Waals surface area contributed by atoms with Crippen LogP contribution in [0.1, 0.15) is 51.4 Å². The highest BCUT2D eigenvalue weighted by Gasteiger charge is 2.37. The first-order valence-electron chi connectivity index (χ1n) is 9.14. The predicted molar refractivity (Wildman–Crippen MR) is 89.0 cm³/mol. The predicted octanol–water partition coefficient (Wildman–Crippen LogP) is -0.294. The van der Waals surface area contributed by atoms with Crippen LogP contribution in [0.25, 0.3) is 0 Å². The molecule has 1 saturated carbocycles. The van der Waals surface area contributed by atoms with E-state index in [1.807, 2.05) is 4.90 Å². The summed E-state index contributed by atoms with van der Waals surface area (Å²) < 4.78 is 0. The number of nitrogens with zero attached hydrogens (tertiary/aromatic N) is 1. The van der Waals surface area contributed by atoms with Crippen LogP contribution in [0.15, 0.2) is 0 Å². The maximum atomic E-state index is 12.6. The molecule has 0 unspecified atom stereocenters. The summed E-state index contributed by atoms with van der Waals surface area (Å²) in [5.74, 6) is 0.381. The Bertz CT molecular complexity index is 442.